The van der Waals surface area contributed by atoms with E-state index in [2.05, 4.69) is 38.7 Å². The van der Waals surface area contributed by atoms with Gasteiger partial charge in [0.05, 0.1) is 5.02 Å². The molecule has 27 heavy (non-hydrogen) atoms. The van der Waals surface area contributed by atoms with Gasteiger partial charge in [-0.2, -0.15) is 15.0 Å². The molecule has 1 aliphatic heterocycles. The molecule has 0 radical (unpaired) electrons. The third kappa shape index (κ3) is 5.12. The third-order valence-electron chi connectivity index (χ3n) is 4.45. The molecule has 0 saturated carbocycles. The van der Waals surface area contributed by atoms with E-state index in [0.717, 1.165) is 32.6 Å². The minimum atomic E-state index is -0.387. The van der Waals surface area contributed by atoms with Crippen LogP contribution >= 0.6 is 23.2 Å². The molecule has 1 saturated heterocycles. The second kappa shape index (κ2) is 8.91. The van der Waals surface area contributed by atoms with Crippen LogP contribution in [0.1, 0.15) is 31.7 Å². The van der Waals surface area contributed by atoms with E-state index in [-0.39, 0.29) is 12.1 Å². The van der Waals surface area contributed by atoms with E-state index in [4.69, 9.17) is 33.7 Å². The van der Waals surface area contributed by atoms with Gasteiger partial charge in [-0.05, 0) is 25.6 Å². The molecule has 3 rings (SSSR count). The zero-order valence-electron chi connectivity index (χ0n) is 15.5. The van der Waals surface area contributed by atoms with Crippen LogP contribution in [0.25, 0.3) is 0 Å². The van der Waals surface area contributed by atoms with E-state index >= 15 is 0 Å². The predicted octanol–water partition coefficient (Wildman–Crippen LogP) is 3.43. The van der Waals surface area contributed by atoms with Crippen LogP contribution in [0.3, 0.4) is 0 Å². The molecule has 9 heteroatoms. The lowest BCUT2D eigenvalue weighted by Gasteiger charge is -2.32. The normalized spacial score (nSPS) is 16.4. The van der Waals surface area contributed by atoms with Gasteiger partial charge < -0.3 is 20.3 Å². The van der Waals surface area contributed by atoms with Gasteiger partial charge in [0.15, 0.2) is 11.9 Å². The molecular weight excluding hydrogens is 387 g/mol. The van der Waals surface area contributed by atoms with E-state index in [1.807, 2.05) is 0 Å². The molecule has 2 aromatic rings. The number of benzene rings is 1. The van der Waals surface area contributed by atoms with E-state index in [1.54, 1.807) is 18.2 Å². The zero-order chi connectivity index (χ0) is 19.4. The Morgan fingerprint density at radius 3 is 2.59 bits per heavy atom. The fourth-order valence-electron chi connectivity index (χ4n) is 2.91. The maximum atomic E-state index is 6.25. The third-order valence-corrected chi connectivity index (χ3v) is 4.99. The molecule has 1 aromatic carbocycles. The number of nitrogens with zero attached hydrogens (tertiary/aromatic N) is 5. The standard InChI is InChI=1S/C18H24Cl2N6O/c1-3-4-14(27-15-11-12(19)5-6-13(15)20)16-22-17(21)24-18(23-16)26-9-7-25(2)8-10-26/h5-6,11,14H,3-4,7-10H2,1-2H3,(H2,21,22,23,24). The Morgan fingerprint density at radius 1 is 1.15 bits per heavy atom. The van der Waals surface area contributed by atoms with E-state index < -0.39 is 0 Å². The zero-order valence-corrected chi connectivity index (χ0v) is 17.0. The summed E-state index contributed by atoms with van der Waals surface area (Å²) in [6, 6.07) is 5.12. The molecule has 2 heterocycles. The fourth-order valence-corrected chi connectivity index (χ4v) is 3.24. The van der Waals surface area contributed by atoms with Crippen LogP contribution in [0.4, 0.5) is 11.9 Å². The summed E-state index contributed by atoms with van der Waals surface area (Å²) in [5.74, 6) is 1.79. The van der Waals surface area contributed by atoms with Crippen molar-refractivity contribution >= 4 is 35.1 Å². The molecule has 0 aliphatic carbocycles. The largest absolute Gasteiger partial charge is 0.481 e. The maximum absolute atomic E-state index is 6.25. The maximum Gasteiger partial charge on any atom is 0.230 e. The van der Waals surface area contributed by atoms with Crippen LogP contribution in [0, 0.1) is 0 Å². The monoisotopic (exact) mass is 410 g/mol. The van der Waals surface area contributed by atoms with Crippen molar-refractivity contribution in [1.29, 1.82) is 0 Å². The van der Waals surface area contributed by atoms with Crippen LogP contribution in [-0.4, -0.2) is 53.1 Å². The van der Waals surface area contributed by atoms with E-state index in [0.29, 0.717) is 34.0 Å². The number of anilines is 2. The average Bonchev–Trinajstić information content (AvgIpc) is 2.64. The lowest BCUT2D eigenvalue weighted by Crippen LogP contribution is -2.45. The van der Waals surface area contributed by atoms with Gasteiger partial charge >= 0.3 is 0 Å². The quantitative estimate of drug-likeness (QED) is 0.780. The molecular formula is C18H24Cl2N6O. The molecule has 1 fully saturated rings. The second-order valence-electron chi connectivity index (χ2n) is 6.61. The van der Waals surface area contributed by atoms with Crippen LogP contribution in [-0.2, 0) is 0 Å². The predicted molar refractivity (Wildman–Crippen MR) is 109 cm³/mol. The number of piperazine rings is 1. The number of rotatable bonds is 6. The van der Waals surface area contributed by atoms with Crippen molar-refractivity contribution in [2.75, 3.05) is 43.9 Å². The summed E-state index contributed by atoms with van der Waals surface area (Å²) < 4.78 is 6.12. The van der Waals surface area contributed by atoms with E-state index in [1.165, 1.54) is 0 Å². The first-order valence-electron chi connectivity index (χ1n) is 9.03. The summed E-state index contributed by atoms with van der Waals surface area (Å²) >= 11 is 12.3. The van der Waals surface area contributed by atoms with E-state index in [9.17, 15) is 0 Å². The van der Waals surface area contributed by atoms with Crippen LogP contribution in [0.2, 0.25) is 10.0 Å². The first-order chi connectivity index (χ1) is 13.0. The molecule has 146 valence electrons. The summed E-state index contributed by atoms with van der Waals surface area (Å²) in [4.78, 5) is 17.7. The molecule has 7 nitrogen and oxygen atoms in total. The summed E-state index contributed by atoms with van der Waals surface area (Å²) in [6.45, 7) is 5.67. The van der Waals surface area contributed by atoms with Crippen LogP contribution in [0.5, 0.6) is 5.75 Å². The molecule has 0 bridgehead atoms. The van der Waals surface area contributed by atoms with Crippen molar-refractivity contribution in [3.8, 4) is 5.75 Å². The van der Waals surface area contributed by atoms with Gasteiger partial charge in [0.25, 0.3) is 0 Å². The van der Waals surface area contributed by atoms with Gasteiger partial charge in [0, 0.05) is 37.3 Å². The number of hydrogen-bond acceptors (Lipinski definition) is 7. The van der Waals surface area contributed by atoms with Gasteiger partial charge in [-0.3, -0.25) is 0 Å². The topological polar surface area (TPSA) is 80.4 Å². The Labute approximate surface area is 169 Å². The van der Waals surface area contributed by atoms with Gasteiger partial charge in [-0.1, -0.05) is 36.5 Å². The van der Waals surface area contributed by atoms with Crippen molar-refractivity contribution in [2.45, 2.75) is 25.9 Å². The summed E-state index contributed by atoms with van der Waals surface area (Å²) in [6.07, 6.45) is 1.22. The van der Waals surface area contributed by atoms with Crippen molar-refractivity contribution in [3.05, 3.63) is 34.1 Å². The van der Waals surface area contributed by atoms with Crippen LogP contribution in [0.15, 0.2) is 18.2 Å². The van der Waals surface area contributed by atoms with Gasteiger partial charge in [0.1, 0.15) is 5.75 Å². The minimum Gasteiger partial charge on any atom is -0.481 e. The summed E-state index contributed by atoms with van der Waals surface area (Å²) in [7, 11) is 2.10. The number of hydrogen-bond donors (Lipinski definition) is 1. The first kappa shape index (κ1) is 19.9. The smallest absolute Gasteiger partial charge is 0.230 e. The van der Waals surface area contributed by atoms with Crippen LogP contribution < -0.4 is 15.4 Å². The molecule has 1 aliphatic rings. The number of nitrogens with two attached hydrogens (primary N) is 1. The molecule has 0 amide bonds. The SMILES string of the molecule is CCCC(Oc1cc(Cl)ccc1Cl)c1nc(N)nc(N2CCN(C)CC2)n1. The molecule has 1 atom stereocenters. The van der Waals surface area contributed by atoms with Crippen molar-refractivity contribution in [3.63, 3.8) is 0 Å². The van der Waals surface area contributed by atoms with Crippen molar-refractivity contribution in [2.24, 2.45) is 0 Å². The highest BCUT2D eigenvalue weighted by Gasteiger charge is 2.23. The number of nitrogen functional groups attached to an aromatic ring is 1. The average molecular weight is 411 g/mol. The number of likely N-dealkylation sites (N-methyl/N-ethyl adjacent to an activating group) is 1. The minimum absolute atomic E-state index is 0.191. The lowest BCUT2D eigenvalue weighted by atomic mass is 10.2. The Hall–Kier alpha value is -1.83. The van der Waals surface area contributed by atoms with Gasteiger partial charge in [0.2, 0.25) is 11.9 Å². The molecule has 2 N–H and O–H groups in total. The highest BCUT2D eigenvalue weighted by Crippen LogP contribution is 2.33. The van der Waals surface area contributed by atoms with Gasteiger partial charge in [-0.25, -0.2) is 0 Å². The van der Waals surface area contributed by atoms with Crippen molar-refractivity contribution < 1.29 is 4.74 Å². The molecule has 1 unspecified atom stereocenters. The molecule has 0 spiro atoms. The summed E-state index contributed by atoms with van der Waals surface area (Å²) in [5, 5.41) is 1.04. The fraction of sp³-hybridized carbons (Fsp3) is 0.500. The Morgan fingerprint density at radius 2 is 1.89 bits per heavy atom. The number of ether oxygens (including phenoxy) is 1. The van der Waals surface area contributed by atoms with Crippen molar-refractivity contribution in [1.82, 2.24) is 19.9 Å². The molecule has 1 aromatic heterocycles. The Kier molecular flexibility index (Phi) is 6.57. The first-order valence-corrected chi connectivity index (χ1v) is 9.78. The Bertz CT molecular complexity index is 782. The Balaban J connectivity index is 1.87. The second-order valence-corrected chi connectivity index (χ2v) is 7.46. The lowest BCUT2D eigenvalue weighted by molar-refractivity contribution is 0.184. The highest BCUT2D eigenvalue weighted by atomic mass is 35.5. The highest BCUT2D eigenvalue weighted by molar-refractivity contribution is 6.34. The number of aromatic nitrogens is 3. The summed E-state index contributed by atoms with van der Waals surface area (Å²) in [5.41, 5.74) is 5.97. The number of halogens is 2. The van der Waals surface area contributed by atoms with Gasteiger partial charge in [-0.15, -0.1) is 0 Å².